The van der Waals surface area contributed by atoms with Crippen molar-refractivity contribution in [2.75, 3.05) is 11.9 Å². The van der Waals surface area contributed by atoms with Gasteiger partial charge in [0.25, 0.3) is 0 Å². The molecule has 0 heterocycles. The highest BCUT2D eigenvalue weighted by Crippen LogP contribution is 2.23. The molecule has 102 valence electrons. The van der Waals surface area contributed by atoms with Gasteiger partial charge in [-0.1, -0.05) is 6.92 Å². The minimum atomic E-state index is -0.421. The Bertz CT molecular complexity index is 617. The lowest BCUT2D eigenvalue weighted by molar-refractivity contribution is 0.317. The van der Waals surface area contributed by atoms with E-state index in [1.54, 1.807) is 6.07 Å². The standard InChI is InChI=1S/C16H15FN2O/c1-2-9-20-15-6-4-14(5-7-15)19-16-8-3-13(17)10-12(16)11-18/h3-8,10,19H,2,9H2,1H3. The van der Waals surface area contributed by atoms with Crippen LogP contribution < -0.4 is 10.1 Å². The topological polar surface area (TPSA) is 45.0 Å². The first-order chi connectivity index (χ1) is 9.72. The van der Waals surface area contributed by atoms with Gasteiger partial charge in [0.15, 0.2) is 0 Å². The van der Waals surface area contributed by atoms with Crippen molar-refractivity contribution in [3.05, 3.63) is 53.8 Å². The number of hydrogen-bond acceptors (Lipinski definition) is 3. The van der Waals surface area contributed by atoms with Crippen molar-refractivity contribution in [2.45, 2.75) is 13.3 Å². The van der Waals surface area contributed by atoms with Crippen LogP contribution >= 0.6 is 0 Å². The Morgan fingerprint density at radius 2 is 1.95 bits per heavy atom. The molecule has 2 aromatic rings. The highest BCUT2D eigenvalue weighted by atomic mass is 19.1. The van der Waals surface area contributed by atoms with E-state index in [1.165, 1.54) is 12.1 Å². The van der Waals surface area contributed by atoms with Crippen LogP contribution in [0.1, 0.15) is 18.9 Å². The molecule has 0 saturated heterocycles. The normalized spacial score (nSPS) is 9.85. The molecule has 0 unspecified atom stereocenters. The molecule has 4 heteroatoms. The number of anilines is 2. The lowest BCUT2D eigenvalue weighted by atomic mass is 10.2. The Morgan fingerprint density at radius 1 is 1.20 bits per heavy atom. The van der Waals surface area contributed by atoms with Crippen molar-refractivity contribution in [1.29, 1.82) is 5.26 Å². The van der Waals surface area contributed by atoms with Gasteiger partial charge in [0.2, 0.25) is 0 Å². The summed E-state index contributed by atoms with van der Waals surface area (Å²) in [5.74, 6) is 0.382. The summed E-state index contributed by atoms with van der Waals surface area (Å²) in [6, 6.07) is 13.5. The molecule has 0 aliphatic heterocycles. The van der Waals surface area contributed by atoms with Crippen LogP contribution in [0.5, 0.6) is 5.75 Å². The van der Waals surface area contributed by atoms with Crippen LogP contribution in [0.3, 0.4) is 0 Å². The molecule has 2 rings (SSSR count). The molecule has 0 amide bonds. The first kappa shape index (κ1) is 13.9. The molecule has 1 N–H and O–H groups in total. The molecule has 0 aliphatic carbocycles. The molecule has 0 atom stereocenters. The SMILES string of the molecule is CCCOc1ccc(Nc2ccc(F)cc2C#N)cc1. The Balaban J connectivity index is 2.12. The Kier molecular flexibility index (Phi) is 4.56. The number of nitriles is 1. The summed E-state index contributed by atoms with van der Waals surface area (Å²) in [5.41, 5.74) is 1.67. The van der Waals surface area contributed by atoms with E-state index in [0.717, 1.165) is 17.9 Å². The molecule has 0 fully saturated rings. The smallest absolute Gasteiger partial charge is 0.124 e. The van der Waals surface area contributed by atoms with Crippen LogP contribution in [0.2, 0.25) is 0 Å². The largest absolute Gasteiger partial charge is 0.494 e. The van der Waals surface area contributed by atoms with Gasteiger partial charge in [-0.25, -0.2) is 4.39 Å². The van der Waals surface area contributed by atoms with Gasteiger partial charge >= 0.3 is 0 Å². The molecular formula is C16H15FN2O. The Labute approximate surface area is 117 Å². The fraction of sp³-hybridized carbons (Fsp3) is 0.188. The second kappa shape index (κ2) is 6.58. The highest BCUT2D eigenvalue weighted by Gasteiger charge is 2.04. The predicted octanol–water partition coefficient (Wildman–Crippen LogP) is 4.23. The second-order valence-corrected chi connectivity index (χ2v) is 4.30. The molecule has 0 bridgehead atoms. The summed E-state index contributed by atoms with van der Waals surface area (Å²) in [6.07, 6.45) is 0.959. The summed E-state index contributed by atoms with van der Waals surface area (Å²) in [5, 5.41) is 12.1. The number of ether oxygens (including phenoxy) is 1. The quantitative estimate of drug-likeness (QED) is 0.884. The van der Waals surface area contributed by atoms with E-state index in [4.69, 9.17) is 10.00 Å². The van der Waals surface area contributed by atoms with Crippen molar-refractivity contribution in [3.63, 3.8) is 0 Å². The minimum absolute atomic E-state index is 0.274. The van der Waals surface area contributed by atoms with E-state index < -0.39 is 5.82 Å². The van der Waals surface area contributed by atoms with Crippen LogP contribution in [-0.4, -0.2) is 6.61 Å². The molecule has 0 aromatic heterocycles. The van der Waals surface area contributed by atoms with Gasteiger partial charge in [-0.05, 0) is 48.9 Å². The van der Waals surface area contributed by atoms with Crippen LogP contribution in [0.15, 0.2) is 42.5 Å². The fourth-order valence-electron chi connectivity index (χ4n) is 1.73. The third-order valence-electron chi connectivity index (χ3n) is 2.71. The first-order valence-corrected chi connectivity index (χ1v) is 6.42. The maximum atomic E-state index is 13.0. The van der Waals surface area contributed by atoms with E-state index in [2.05, 4.69) is 5.32 Å². The van der Waals surface area contributed by atoms with Crippen molar-refractivity contribution in [1.82, 2.24) is 0 Å². The van der Waals surface area contributed by atoms with Gasteiger partial charge in [0.05, 0.1) is 17.9 Å². The van der Waals surface area contributed by atoms with Crippen LogP contribution in [0.25, 0.3) is 0 Å². The van der Waals surface area contributed by atoms with Gasteiger partial charge < -0.3 is 10.1 Å². The number of hydrogen-bond donors (Lipinski definition) is 1. The van der Waals surface area contributed by atoms with Crippen LogP contribution in [0.4, 0.5) is 15.8 Å². The number of nitrogens with zero attached hydrogens (tertiary/aromatic N) is 1. The fourth-order valence-corrected chi connectivity index (χ4v) is 1.73. The summed E-state index contributed by atoms with van der Waals surface area (Å²) >= 11 is 0. The number of halogens is 1. The van der Waals surface area contributed by atoms with E-state index in [0.29, 0.717) is 12.3 Å². The Hall–Kier alpha value is -2.54. The lowest BCUT2D eigenvalue weighted by Crippen LogP contribution is -1.96. The van der Waals surface area contributed by atoms with E-state index in [9.17, 15) is 4.39 Å². The number of benzene rings is 2. The van der Waals surface area contributed by atoms with Gasteiger partial charge in [-0.15, -0.1) is 0 Å². The second-order valence-electron chi connectivity index (χ2n) is 4.30. The zero-order valence-corrected chi connectivity index (χ0v) is 11.2. The maximum absolute atomic E-state index is 13.0. The lowest BCUT2D eigenvalue weighted by Gasteiger charge is -2.09. The van der Waals surface area contributed by atoms with Gasteiger partial charge in [0.1, 0.15) is 17.6 Å². The van der Waals surface area contributed by atoms with E-state index >= 15 is 0 Å². The van der Waals surface area contributed by atoms with Crippen LogP contribution in [-0.2, 0) is 0 Å². The zero-order valence-electron chi connectivity index (χ0n) is 11.2. The first-order valence-electron chi connectivity index (χ1n) is 6.42. The van der Waals surface area contributed by atoms with Crippen molar-refractivity contribution < 1.29 is 9.13 Å². The summed E-state index contributed by atoms with van der Waals surface area (Å²) in [7, 11) is 0. The third-order valence-corrected chi connectivity index (χ3v) is 2.71. The third kappa shape index (κ3) is 3.48. The summed E-state index contributed by atoms with van der Waals surface area (Å²) in [4.78, 5) is 0. The maximum Gasteiger partial charge on any atom is 0.124 e. The number of nitrogens with one attached hydrogen (secondary N) is 1. The molecule has 3 nitrogen and oxygen atoms in total. The molecule has 20 heavy (non-hydrogen) atoms. The molecule has 0 spiro atoms. The van der Waals surface area contributed by atoms with Crippen LogP contribution in [0, 0.1) is 17.1 Å². The summed E-state index contributed by atoms with van der Waals surface area (Å²) < 4.78 is 18.5. The average molecular weight is 270 g/mol. The monoisotopic (exact) mass is 270 g/mol. The summed E-state index contributed by atoms with van der Waals surface area (Å²) in [6.45, 7) is 2.73. The zero-order chi connectivity index (χ0) is 14.4. The highest BCUT2D eigenvalue weighted by molar-refractivity contribution is 5.66. The molecule has 0 saturated carbocycles. The van der Waals surface area contributed by atoms with Crippen molar-refractivity contribution >= 4 is 11.4 Å². The van der Waals surface area contributed by atoms with E-state index in [1.807, 2.05) is 37.3 Å². The van der Waals surface area contributed by atoms with Crippen molar-refractivity contribution in [2.24, 2.45) is 0 Å². The van der Waals surface area contributed by atoms with E-state index in [-0.39, 0.29) is 5.56 Å². The molecule has 0 radical (unpaired) electrons. The Morgan fingerprint density at radius 3 is 2.60 bits per heavy atom. The van der Waals surface area contributed by atoms with Crippen molar-refractivity contribution in [3.8, 4) is 11.8 Å². The molecular weight excluding hydrogens is 255 g/mol. The van der Waals surface area contributed by atoms with Gasteiger partial charge in [0, 0.05) is 5.69 Å². The predicted molar refractivity (Wildman–Crippen MR) is 76.6 cm³/mol. The van der Waals surface area contributed by atoms with Gasteiger partial charge in [-0.3, -0.25) is 0 Å². The number of rotatable bonds is 5. The average Bonchev–Trinajstić information content (AvgIpc) is 2.48. The molecule has 2 aromatic carbocycles. The van der Waals surface area contributed by atoms with Gasteiger partial charge in [-0.2, -0.15) is 5.26 Å². The molecule has 0 aliphatic rings. The minimum Gasteiger partial charge on any atom is -0.494 e.